The Morgan fingerprint density at radius 1 is 1.08 bits per heavy atom. The van der Waals surface area contributed by atoms with Gasteiger partial charge in [-0.15, -0.1) is 0 Å². The molecule has 1 unspecified atom stereocenters. The van der Waals surface area contributed by atoms with E-state index in [1.54, 1.807) is 14.2 Å². The van der Waals surface area contributed by atoms with Gasteiger partial charge in [-0.3, -0.25) is 4.90 Å². The fourth-order valence-electron chi connectivity index (χ4n) is 3.54. The molecule has 0 amide bonds. The molecule has 0 fully saturated rings. The van der Waals surface area contributed by atoms with Crippen molar-refractivity contribution >= 4 is 0 Å². The molecule has 1 heterocycles. The summed E-state index contributed by atoms with van der Waals surface area (Å²) in [5, 5.41) is 0. The van der Waals surface area contributed by atoms with Crippen LogP contribution in [0.15, 0.2) is 36.4 Å². The summed E-state index contributed by atoms with van der Waals surface area (Å²) in [6, 6.07) is 11.3. The normalized spacial score (nSPS) is 17.4. The molecule has 0 spiro atoms. The molecule has 1 aliphatic rings. The van der Waals surface area contributed by atoms with Crippen LogP contribution in [0.5, 0.6) is 11.5 Å². The number of nitrogens with zero attached hydrogens (tertiary/aromatic N) is 1. The predicted octanol–water partition coefficient (Wildman–Crippen LogP) is 4.00. The molecule has 4 heteroatoms. The molecule has 0 N–H and O–H groups in total. The highest BCUT2D eigenvalue weighted by Crippen LogP contribution is 2.39. The van der Waals surface area contributed by atoms with E-state index < -0.39 is 0 Å². The second kappa shape index (κ2) is 7.22. The van der Waals surface area contributed by atoms with E-state index >= 15 is 0 Å². The number of methoxy groups -OCH3 is 2. The minimum Gasteiger partial charge on any atom is -0.493 e. The lowest BCUT2D eigenvalue weighted by Gasteiger charge is -2.37. The van der Waals surface area contributed by atoms with Gasteiger partial charge in [0, 0.05) is 12.6 Å². The number of hydrogen-bond donors (Lipinski definition) is 0. The van der Waals surface area contributed by atoms with Crippen molar-refractivity contribution in [1.82, 2.24) is 4.90 Å². The van der Waals surface area contributed by atoms with Crippen molar-refractivity contribution in [1.29, 1.82) is 0 Å². The average molecular weight is 329 g/mol. The van der Waals surface area contributed by atoms with Crippen LogP contribution in [-0.2, 0) is 12.8 Å². The third kappa shape index (κ3) is 3.24. The second-order valence-electron chi connectivity index (χ2n) is 6.13. The molecule has 0 aromatic heterocycles. The molecule has 24 heavy (non-hydrogen) atoms. The lowest BCUT2D eigenvalue weighted by molar-refractivity contribution is 0.193. The van der Waals surface area contributed by atoms with Crippen LogP contribution in [0.3, 0.4) is 0 Å². The van der Waals surface area contributed by atoms with E-state index in [1.165, 1.54) is 23.3 Å². The molecular formula is C20H24FNO2. The van der Waals surface area contributed by atoms with E-state index in [2.05, 4.69) is 24.0 Å². The van der Waals surface area contributed by atoms with Crippen LogP contribution in [-0.4, -0.2) is 32.2 Å². The highest BCUT2D eigenvalue weighted by Gasteiger charge is 2.28. The van der Waals surface area contributed by atoms with Crippen molar-refractivity contribution in [2.45, 2.75) is 25.8 Å². The van der Waals surface area contributed by atoms with Crippen LogP contribution in [0.25, 0.3) is 0 Å². The number of fused-ring (bicyclic) bond motifs is 1. The molecule has 0 radical (unpaired) electrons. The van der Waals surface area contributed by atoms with E-state index in [0.717, 1.165) is 43.0 Å². The molecule has 2 aromatic rings. The molecule has 0 bridgehead atoms. The summed E-state index contributed by atoms with van der Waals surface area (Å²) in [5.74, 6) is 1.35. The summed E-state index contributed by atoms with van der Waals surface area (Å²) >= 11 is 0. The largest absolute Gasteiger partial charge is 0.493 e. The van der Waals surface area contributed by atoms with Crippen molar-refractivity contribution in [2.75, 3.05) is 27.3 Å². The maximum Gasteiger partial charge on any atom is 0.161 e. The first-order chi connectivity index (χ1) is 11.7. The van der Waals surface area contributed by atoms with Crippen molar-refractivity contribution in [3.05, 3.63) is 58.9 Å². The molecule has 1 aliphatic heterocycles. The molecule has 0 saturated heterocycles. The third-order valence-corrected chi connectivity index (χ3v) is 4.86. The Morgan fingerprint density at radius 3 is 2.38 bits per heavy atom. The quantitative estimate of drug-likeness (QED) is 0.827. The van der Waals surface area contributed by atoms with Crippen molar-refractivity contribution in [3.8, 4) is 11.5 Å². The summed E-state index contributed by atoms with van der Waals surface area (Å²) in [5.41, 5.74) is 3.73. The first-order valence-corrected chi connectivity index (χ1v) is 8.39. The Bertz CT molecular complexity index is 700. The fourth-order valence-corrected chi connectivity index (χ4v) is 3.54. The van der Waals surface area contributed by atoms with E-state index in [0.29, 0.717) is 0 Å². The third-order valence-electron chi connectivity index (χ3n) is 4.86. The van der Waals surface area contributed by atoms with Gasteiger partial charge >= 0.3 is 0 Å². The van der Waals surface area contributed by atoms with Crippen molar-refractivity contribution in [3.63, 3.8) is 0 Å². The number of halogens is 1. The SMILES string of the molecule is CCN1CCc2cc(OC)c(OC)cc2C1Cc1ccc(F)cc1. The standard InChI is InChI=1S/C20H24FNO2/c1-4-22-10-9-15-12-19(23-2)20(24-3)13-17(15)18(22)11-14-5-7-16(21)8-6-14/h5-8,12-13,18H,4,9-11H2,1-3H3. The van der Waals surface area contributed by atoms with Crippen LogP contribution in [0, 0.1) is 5.82 Å². The van der Waals surface area contributed by atoms with Crippen LogP contribution in [0.2, 0.25) is 0 Å². The first-order valence-electron chi connectivity index (χ1n) is 8.39. The van der Waals surface area contributed by atoms with Gasteiger partial charge in [-0.05, 0) is 60.3 Å². The molecule has 1 atom stereocenters. The summed E-state index contributed by atoms with van der Waals surface area (Å²) in [6.45, 7) is 4.19. The number of rotatable bonds is 5. The Hall–Kier alpha value is -2.07. The highest BCUT2D eigenvalue weighted by atomic mass is 19.1. The van der Waals surface area contributed by atoms with Crippen molar-refractivity contribution < 1.29 is 13.9 Å². The monoisotopic (exact) mass is 329 g/mol. The van der Waals surface area contributed by atoms with Gasteiger partial charge in [0.1, 0.15) is 5.82 Å². The molecule has 2 aromatic carbocycles. The molecule has 128 valence electrons. The van der Waals surface area contributed by atoms with Crippen molar-refractivity contribution in [2.24, 2.45) is 0 Å². The highest BCUT2D eigenvalue weighted by molar-refractivity contribution is 5.49. The fraction of sp³-hybridized carbons (Fsp3) is 0.400. The Kier molecular flexibility index (Phi) is 5.05. The number of likely N-dealkylation sites (N-methyl/N-ethyl adjacent to an activating group) is 1. The minimum absolute atomic E-state index is 0.193. The molecule has 0 aliphatic carbocycles. The number of ether oxygens (including phenoxy) is 2. The number of hydrogen-bond acceptors (Lipinski definition) is 3. The topological polar surface area (TPSA) is 21.7 Å². The molecule has 3 nitrogen and oxygen atoms in total. The van der Waals surface area contributed by atoms with E-state index in [4.69, 9.17) is 9.47 Å². The minimum atomic E-state index is -0.193. The zero-order valence-corrected chi connectivity index (χ0v) is 14.5. The van der Waals surface area contributed by atoms with Gasteiger partial charge in [0.15, 0.2) is 11.5 Å². The zero-order valence-electron chi connectivity index (χ0n) is 14.5. The van der Waals surface area contributed by atoms with Gasteiger partial charge in [0.2, 0.25) is 0 Å². The van der Waals surface area contributed by atoms with Gasteiger partial charge in [0.05, 0.1) is 14.2 Å². The van der Waals surface area contributed by atoms with Gasteiger partial charge in [0.25, 0.3) is 0 Å². The lowest BCUT2D eigenvalue weighted by Crippen LogP contribution is -2.36. The van der Waals surface area contributed by atoms with E-state index in [-0.39, 0.29) is 11.9 Å². The summed E-state index contributed by atoms with van der Waals surface area (Å²) in [7, 11) is 3.33. The van der Waals surface area contributed by atoms with Crippen LogP contribution in [0.4, 0.5) is 4.39 Å². The van der Waals surface area contributed by atoms with Crippen LogP contribution < -0.4 is 9.47 Å². The van der Waals surface area contributed by atoms with E-state index in [1.807, 2.05) is 12.1 Å². The maximum absolute atomic E-state index is 13.2. The predicted molar refractivity (Wildman–Crippen MR) is 93.3 cm³/mol. The van der Waals surface area contributed by atoms with E-state index in [9.17, 15) is 4.39 Å². The second-order valence-corrected chi connectivity index (χ2v) is 6.13. The smallest absolute Gasteiger partial charge is 0.161 e. The lowest BCUT2D eigenvalue weighted by atomic mass is 9.88. The molecule has 0 saturated carbocycles. The van der Waals surface area contributed by atoms with Gasteiger partial charge in [-0.1, -0.05) is 19.1 Å². The Morgan fingerprint density at radius 2 is 1.75 bits per heavy atom. The van der Waals surface area contributed by atoms with Gasteiger partial charge in [-0.2, -0.15) is 0 Å². The van der Waals surface area contributed by atoms with Crippen LogP contribution in [0.1, 0.15) is 29.7 Å². The average Bonchev–Trinajstić information content (AvgIpc) is 2.62. The zero-order chi connectivity index (χ0) is 17.1. The number of benzene rings is 2. The van der Waals surface area contributed by atoms with Crippen LogP contribution >= 0.6 is 0 Å². The van der Waals surface area contributed by atoms with Gasteiger partial charge < -0.3 is 9.47 Å². The summed E-state index contributed by atoms with van der Waals surface area (Å²) in [4.78, 5) is 2.47. The van der Waals surface area contributed by atoms with Gasteiger partial charge in [-0.25, -0.2) is 4.39 Å². The maximum atomic E-state index is 13.2. The molecule has 3 rings (SSSR count). The molecular weight excluding hydrogens is 305 g/mol. The first kappa shape index (κ1) is 16.8. The Labute approximate surface area is 143 Å². The summed E-state index contributed by atoms with van der Waals surface area (Å²) < 4.78 is 24.1. The Balaban J connectivity index is 1.99. The summed E-state index contributed by atoms with van der Waals surface area (Å²) in [6.07, 6.45) is 1.86.